The molecule has 0 amide bonds. The van der Waals surface area contributed by atoms with Gasteiger partial charge in [0.15, 0.2) is 11.0 Å². The van der Waals surface area contributed by atoms with Crippen molar-refractivity contribution >= 4 is 39.5 Å². The molecule has 0 aliphatic heterocycles. The second-order valence-corrected chi connectivity index (χ2v) is 10.8. The quantitative estimate of drug-likeness (QED) is 0.227. The first kappa shape index (κ1) is 23.6. The molecule has 0 atom stereocenters. The number of aromatic nitrogens is 5. The fourth-order valence-electron chi connectivity index (χ4n) is 4.52. The molecule has 6 rings (SSSR count). The van der Waals surface area contributed by atoms with Crippen LogP contribution in [0.2, 0.25) is 0 Å². The summed E-state index contributed by atoms with van der Waals surface area (Å²) in [5.74, 6) is 2.01. The van der Waals surface area contributed by atoms with Gasteiger partial charge in [0.1, 0.15) is 16.9 Å². The van der Waals surface area contributed by atoms with E-state index in [1.165, 1.54) is 15.9 Å². The summed E-state index contributed by atoms with van der Waals surface area (Å²) in [4.78, 5) is 25.2. The summed E-state index contributed by atoms with van der Waals surface area (Å²) in [6.07, 6.45) is 7.37. The van der Waals surface area contributed by atoms with Gasteiger partial charge in [0, 0.05) is 16.2 Å². The average molecular weight is 529 g/mol. The van der Waals surface area contributed by atoms with Crippen LogP contribution < -0.4 is 10.3 Å². The maximum Gasteiger partial charge on any atom is 0.283 e. The van der Waals surface area contributed by atoms with Crippen molar-refractivity contribution in [3.63, 3.8) is 0 Å². The number of methoxy groups -OCH3 is 1. The molecule has 1 aliphatic carbocycles. The number of hydrogen-bond acceptors (Lipinski definition) is 8. The first-order chi connectivity index (χ1) is 18.2. The number of thioether (sulfide) groups is 1. The number of rotatable bonds is 7. The minimum absolute atomic E-state index is 0.120. The Bertz CT molecular complexity index is 1640. The number of H-pyrrole nitrogens is 1. The van der Waals surface area contributed by atoms with Crippen LogP contribution in [0.3, 0.4) is 0 Å². The topological polar surface area (TPSA) is 98.1 Å². The van der Waals surface area contributed by atoms with E-state index in [0.29, 0.717) is 17.0 Å². The number of ether oxygens (including phenoxy) is 1. The molecule has 1 aliphatic rings. The minimum atomic E-state index is -0.120. The zero-order valence-corrected chi connectivity index (χ0v) is 21.8. The Labute approximate surface area is 221 Å². The molecule has 10 heteroatoms. The van der Waals surface area contributed by atoms with Gasteiger partial charge < -0.3 is 4.74 Å². The monoisotopic (exact) mass is 528 g/mol. The Kier molecular flexibility index (Phi) is 6.58. The van der Waals surface area contributed by atoms with Gasteiger partial charge in [-0.05, 0) is 72.7 Å². The van der Waals surface area contributed by atoms with Crippen LogP contribution in [0.25, 0.3) is 21.6 Å². The molecule has 0 fully saturated rings. The number of nitrogens with one attached hydrogen (secondary N) is 1. The Balaban J connectivity index is 1.45. The number of nitrogens with zero attached hydrogens (tertiary/aromatic N) is 5. The lowest BCUT2D eigenvalue weighted by atomic mass is 9.97. The molecular weight excluding hydrogens is 504 g/mol. The van der Waals surface area contributed by atoms with E-state index in [4.69, 9.17) is 9.72 Å². The Hall–Kier alpha value is -3.76. The molecule has 0 saturated heterocycles. The highest BCUT2D eigenvalue weighted by atomic mass is 32.2. The molecule has 0 radical (unpaired) electrons. The fourth-order valence-corrected chi connectivity index (χ4v) is 6.49. The third-order valence-electron chi connectivity index (χ3n) is 6.36. The SMILES string of the molecule is COc1ccc(/C=N/n2c(-c3cccc(CSc4ncn[nH]4)c3)nc3sc4c(c3c2=O)CCCC4)cc1. The molecule has 0 saturated carbocycles. The Morgan fingerprint density at radius 1 is 1.19 bits per heavy atom. The van der Waals surface area contributed by atoms with Crippen LogP contribution in [0.4, 0.5) is 0 Å². The van der Waals surface area contributed by atoms with Crippen LogP contribution in [0.5, 0.6) is 5.75 Å². The highest BCUT2D eigenvalue weighted by molar-refractivity contribution is 7.98. The second-order valence-electron chi connectivity index (χ2n) is 8.74. The third-order valence-corrected chi connectivity index (χ3v) is 8.49. The number of thiophene rings is 1. The smallest absolute Gasteiger partial charge is 0.283 e. The Morgan fingerprint density at radius 3 is 2.86 bits per heavy atom. The maximum atomic E-state index is 13.9. The van der Waals surface area contributed by atoms with Crippen LogP contribution in [0.15, 0.2) is 69.9 Å². The highest BCUT2D eigenvalue weighted by Crippen LogP contribution is 2.35. The van der Waals surface area contributed by atoms with Gasteiger partial charge in [-0.25, -0.2) is 9.97 Å². The highest BCUT2D eigenvalue weighted by Gasteiger charge is 2.22. The number of aromatic amines is 1. The summed E-state index contributed by atoms with van der Waals surface area (Å²) >= 11 is 3.22. The normalized spacial score (nSPS) is 13.3. The van der Waals surface area contributed by atoms with Gasteiger partial charge in [0.25, 0.3) is 5.56 Å². The van der Waals surface area contributed by atoms with Crippen molar-refractivity contribution in [2.45, 2.75) is 36.6 Å². The molecule has 3 aromatic heterocycles. The first-order valence-corrected chi connectivity index (χ1v) is 13.8. The molecule has 2 aromatic carbocycles. The summed E-state index contributed by atoms with van der Waals surface area (Å²) in [5.41, 5.74) is 3.83. The van der Waals surface area contributed by atoms with Crippen LogP contribution in [0, 0.1) is 0 Å². The largest absolute Gasteiger partial charge is 0.497 e. The van der Waals surface area contributed by atoms with E-state index >= 15 is 0 Å². The lowest BCUT2D eigenvalue weighted by Crippen LogP contribution is -2.21. The van der Waals surface area contributed by atoms with E-state index in [-0.39, 0.29) is 5.56 Å². The van der Waals surface area contributed by atoms with Gasteiger partial charge in [-0.15, -0.1) is 11.3 Å². The van der Waals surface area contributed by atoms with Crippen molar-refractivity contribution in [3.8, 4) is 17.1 Å². The molecule has 186 valence electrons. The van der Waals surface area contributed by atoms with E-state index < -0.39 is 0 Å². The van der Waals surface area contributed by atoms with Gasteiger partial charge in [-0.3, -0.25) is 9.89 Å². The number of aryl methyl sites for hydroxylation is 2. The number of fused-ring (bicyclic) bond motifs is 3. The van der Waals surface area contributed by atoms with Gasteiger partial charge in [0.05, 0.1) is 18.7 Å². The predicted molar refractivity (Wildman–Crippen MR) is 148 cm³/mol. The molecule has 5 aromatic rings. The predicted octanol–water partition coefficient (Wildman–Crippen LogP) is 5.31. The van der Waals surface area contributed by atoms with E-state index in [9.17, 15) is 4.79 Å². The number of benzene rings is 2. The molecule has 0 spiro atoms. The molecule has 37 heavy (non-hydrogen) atoms. The zero-order valence-electron chi connectivity index (χ0n) is 20.2. The molecular formula is C27H24N6O2S2. The van der Waals surface area contributed by atoms with Gasteiger partial charge in [-0.1, -0.05) is 30.0 Å². The van der Waals surface area contributed by atoms with Crippen molar-refractivity contribution < 1.29 is 4.74 Å². The molecule has 3 heterocycles. The van der Waals surface area contributed by atoms with Crippen LogP contribution in [-0.2, 0) is 18.6 Å². The van der Waals surface area contributed by atoms with Crippen molar-refractivity contribution in [1.82, 2.24) is 24.8 Å². The van der Waals surface area contributed by atoms with Crippen molar-refractivity contribution in [1.29, 1.82) is 0 Å². The maximum absolute atomic E-state index is 13.9. The van der Waals surface area contributed by atoms with E-state index in [0.717, 1.165) is 63.7 Å². The van der Waals surface area contributed by atoms with Gasteiger partial charge >= 0.3 is 0 Å². The average Bonchev–Trinajstić information content (AvgIpc) is 3.59. The van der Waals surface area contributed by atoms with Gasteiger partial charge in [0.2, 0.25) is 0 Å². The van der Waals surface area contributed by atoms with Crippen LogP contribution in [-0.4, -0.2) is 38.2 Å². The van der Waals surface area contributed by atoms with Crippen LogP contribution in [0.1, 0.15) is 34.4 Å². The van der Waals surface area contributed by atoms with E-state index in [1.807, 2.05) is 36.4 Å². The first-order valence-electron chi connectivity index (χ1n) is 12.0. The lowest BCUT2D eigenvalue weighted by Gasteiger charge is -2.11. The van der Waals surface area contributed by atoms with Crippen molar-refractivity contribution in [2.24, 2.45) is 5.10 Å². The Morgan fingerprint density at radius 2 is 2.05 bits per heavy atom. The second kappa shape index (κ2) is 10.3. The van der Waals surface area contributed by atoms with Crippen molar-refractivity contribution in [2.75, 3.05) is 7.11 Å². The lowest BCUT2D eigenvalue weighted by molar-refractivity contribution is 0.415. The van der Waals surface area contributed by atoms with E-state index in [1.54, 1.807) is 36.4 Å². The molecule has 1 N–H and O–H groups in total. The van der Waals surface area contributed by atoms with Crippen molar-refractivity contribution in [3.05, 3.63) is 86.8 Å². The van der Waals surface area contributed by atoms with E-state index in [2.05, 4.69) is 32.4 Å². The number of hydrogen-bond donors (Lipinski definition) is 1. The fraction of sp³-hybridized carbons (Fsp3) is 0.222. The summed E-state index contributed by atoms with van der Waals surface area (Å²) in [5, 5.41) is 12.9. The molecule has 8 nitrogen and oxygen atoms in total. The van der Waals surface area contributed by atoms with Gasteiger partial charge in [-0.2, -0.15) is 14.9 Å². The minimum Gasteiger partial charge on any atom is -0.497 e. The molecule has 0 unspecified atom stereocenters. The standard InChI is InChI=1S/C27H24N6O2S2/c1-35-20-11-9-17(10-12-20)14-30-33-24(19-6-4-5-18(13-19)15-36-27-28-16-29-32-27)31-25-23(26(33)34)21-7-2-3-8-22(21)37-25/h4-6,9-14,16H,2-3,7-8,15H2,1H3,(H,28,29,32)/b30-14+. The summed E-state index contributed by atoms with van der Waals surface area (Å²) in [7, 11) is 1.63. The summed E-state index contributed by atoms with van der Waals surface area (Å²) < 4.78 is 6.71. The summed E-state index contributed by atoms with van der Waals surface area (Å²) in [6, 6.07) is 15.6. The zero-order chi connectivity index (χ0) is 25.2. The summed E-state index contributed by atoms with van der Waals surface area (Å²) in [6.45, 7) is 0. The third kappa shape index (κ3) is 4.82. The van der Waals surface area contributed by atoms with Crippen LogP contribution >= 0.6 is 23.1 Å². The molecule has 0 bridgehead atoms.